The SMILES string of the molecule is CC(OC(=O)Cn1c(=O)c2c(ncn2C)n(C)c1=O)C(=O)N(c1nccs1)C1CCCCC1. The monoisotopic (exact) mass is 474 g/mol. The molecule has 3 aromatic heterocycles. The fourth-order valence-corrected chi connectivity index (χ4v) is 4.97. The number of aryl methyl sites for hydroxylation is 2. The molecule has 12 heteroatoms. The van der Waals surface area contributed by atoms with Gasteiger partial charge in [0.15, 0.2) is 22.4 Å². The Morgan fingerprint density at radius 2 is 1.94 bits per heavy atom. The molecule has 11 nitrogen and oxygen atoms in total. The van der Waals surface area contributed by atoms with Crippen molar-refractivity contribution in [3.05, 3.63) is 38.7 Å². The lowest BCUT2D eigenvalue weighted by Crippen LogP contribution is -2.48. The van der Waals surface area contributed by atoms with Crippen molar-refractivity contribution in [2.24, 2.45) is 14.1 Å². The van der Waals surface area contributed by atoms with E-state index in [2.05, 4.69) is 9.97 Å². The van der Waals surface area contributed by atoms with Crippen LogP contribution in [-0.2, 0) is 35.0 Å². The molecule has 0 aliphatic heterocycles. The quantitative estimate of drug-likeness (QED) is 0.492. The summed E-state index contributed by atoms with van der Waals surface area (Å²) in [6.07, 6.45) is 6.87. The Labute approximate surface area is 193 Å². The molecule has 176 valence electrons. The fraction of sp³-hybridized carbons (Fsp3) is 0.524. The minimum absolute atomic E-state index is 0.000661. The van der Waals surface area contributed by atoms with Crippen molar-refractivity contribution < 1.29 is 14.3 Å². The number of anilines is 1. The third kappa shape index (κ3) is 4.34. The van der Waals surface area contributed by atoms with Gasteiger partial charge in [-0.25, -0.2) is 19.3 Å². The van der Waals surface area contributed by atoms with Gasteiger partial charge in [0.05, 0.1) is 6.33 Å². The van der Waals surface area contributed by atoms with Crippen LogP contribution >= 0.6 is 11.3 Å². The molecule has 4 rings (SSSR count). The second-order valence-corrected chi connectivity index (χ2v) is 9.08. The van der Waals surface area contributed by atoms with E-state index >= 15 is 0 Å². The Bertz CT molecular complexity index is 1280. The van der Waals surface area contributed by atoms with Crippen molar-refractivity contribution in [1.82, 2.24) is 23.7 Å². The molecule has 0 aromatic carbocycles. The van der Waals surface area contributed by atoms with E-state index in [1.165, 1.54) is 40.8 Å². The van der Waals surface area contributed by atoms with Crippen LogP contribution < -0.4 is 16.1 Å². The second kappa shape index (κ2) is 9.30. The lowest BCUT2D eigenvalue weighted by atomic mass is 9.94. The summed E-state index contributed by atoms with van der Waals surface area (Å²) in [5.41, 5.74) is -0.905. The number of ether oxygens (including phenoxy) is 1. The van der Waals surface area contributed by atoms with Crippen molar-refractivity contribution in [2.75, 3.05) is 4.90 Å². The Morgan fingerprint density at radius 1 is 1.21 bits per heavy atom. The van der Waals surface area contributed by atoms with Crippen LogP contribution in [0.5, 0.6) is 0 Å². The number of hydrogen-bond donors (Lipinski definition) is 0. The average molecular weight is 475 g/mol. The van der Waals surface area contributed by atoms with E-state index < -0.39 is 29.9 Å². The highest BCUT2D eigenvalue weighted by atomic mass is 32.1. The van der Waals surface area contributed by atoms with Crippen LogP contribution in [0.3, 0.4) is 0 Å². The van der Waals surface area contributed by atoms with Crippen LogP contribution in [0.4, 0.5) is 5.13 Å². The first-order valence-corrected chi connectivity index (χ1v) is 11.7. The molecule has 0 saturated heterocycles. The zero-order chi connectivity index (χ0) is 23.7. The lowest BCUT2D eigenvalue weighted by molar-refractivity contribution is -0.154. The van der Waals surface area contributed by atoms with Crippen LogP contribution in [-0.4, -0.2) is 47.7 Å². The molecule has 1 fully saturated rings. The second-order valence-electron chi connectivity index (χ2n) is 8.21. The number of carbonyl (C=O) groups is 2. The van der Waals surface area contributed by atoms with Gasteiger partial charge in [0.1, 0.15) is 6.54 Å². The van der Waals surface area contributed by atoms with Gasteiger partial charge in [0.25, 0.3) is 11.5 Å². The average Bonchev–Trinajstić information content (AvgIpc) is 3.46. The van der Waals surface area contributed by atoms with Gasteiger partial charge in [-0.05, 0) is 19.8 Å². The van der Waals surface area contributed by atoms with Crippen molar-refractivity contribution in [3.8, 4) is 0 Å². The van der Waals surface area contributed by atoms with Gasteiger partial charge in [-0.1, -0.05) is 19.3 Å². The summed E-state index contributed by atoms with van der Waals surface area (Å²) in [4.78, 5) is 61.3. The van der Waals surface area contributed by atoms with Crippen LogP contribution in [0.15, 0.2) is 27.5 Å². The van der Waals surface area contributed by atoms with Crippen molar-refractivity contribution in [3.63, 3.8) is 0 Å². The van der Waals surface area contributed by atoms with Gasteiger partial charge in [0.2, 0.25) is 0 Å². The number of thiazole rings is 1. The molecule has 1 atom stereocenters. The highest BCUT2D eigenvalue weighted by Gasteiger charge is 2.33. The molecule has 1 amide bonds. The van der Waals surface area contributed by atoms with E-state index in [-0.39, 0.29) is 23.1 Å². The number of imidazole rings is 1. The number of esters is 1. The van der Waals surface area contributed by atoms with Gasteiger partial charge in [-0.2, -0.15) is 0 Å². The normalized spacial score (nSPS) is 15.5. The topological polar surface area (TPSA) is 121 Å². The largest absolute Gasteiger partial charge is 0.451 e. The molecule has 1 unspecified atom stereocenters. The molecule has 0 bridgehead atoms. The summed E-state index contributed by atoms with van der Waals surface area (Å²) in [7, 11) is 3.10. The van der Waals surface area contributed by atoms with E-state index in [1.54, 1.807) is 23.5 Å². The summed E-state index contributed by atoms with van der Waals surface area (Å²) in [5.74, 6) is -1.22. The van der Waals surface area contributed by atoms with Crippen LogP contribution in [0, 0.1) is 0 Å². The predicted molar refractivity (Wildman–Crippen MR) is 122 cm³/mol. The maximum absolute atomic E-state index is 13.3. The molecular formula is C21H26N6O5S. The Balaban J connectivity index is 1.54. The van der Waals surface area contributed by atoms with E-state index in [0.717, 1.165) is 36.7 Å². The molecular weight excluding hydrogens is 448 g/mol. The summed E-state index contributed by atoms with van der Waals surface area (Å²) in [5, 5.41) is 2.37. The highest BCUT2D eigenvalue weighted by molar-refractivity contribution is 7.13. The van der Waals surface area contributed by atoms with Crippen LogP contribution in [0.25, 0.3) is 11.2 Å². The first-order valence-electron chi connectivity index (χ1n) is 10.8. The first kappa shape index (κ1) is 22.9. The number of aromatic nitrogens is 5. The molecule has 0 spiro atoms. The fourth-order valence-electron chi connectivity index (χ4n) is 4.25. The third-order valence-electron chi connectivity index (χ3n) is 5.95. The molecule has 3 aromatic rings. The molecule has 3 heterocycles. The zero-order valence-corrected chi connectivity index (χ0v) is 19.6. The molecule has 1 saturated carbocycles. The standard InChI is InChI=1S/C21H26N6O5S/c1-13(18(29)27(20-22-9-10-33-20)14-7-5-4-6-8-14)32-15(28)11-26-19(30)16-17(23-12-24(16)2)25(3)21(26)31/h9-10,12-14H,4-8,11H2,1-3H3. The maximum atomic E-state index is 13.3. The zero-order valence-electron chi connectivity index (χ0n) is 18.8. The van der Waals surface area contributed by atoms with E-state index in [0.29, 0.717) is 5.13 Å². The van der Waals surface area contributed by atoms with E-state index in [1.807, 2.05) is 0 Å². The van der Waals surface area contributed by atoms with Crippen molar-refractivity contribution >= 4 is 39.5 Å². The van der Waals surface area contributed by atoms with Gasteiger partial charge in [-0.15, -0.1) is 11.3 Å². The predicted octanol–water partition coefficient (Wildman–Crippen LogP) is 1.19. The first-order chi connectivity index (χ1) is 15.8. The highest BCUT2D eigenvalue weighted by Crippen LogP contribution is 2.29. The number of rotatable bonds is 6. The Kier molecular flexibility index (Phi) is 6.45. The maximum Gasteiger partial charge on any atom is 0.333 e. The minimum Gasteiger partial charge on any atom is -0.451 e. The number of hydrogen-bond acceptors (Lipinski definition) is 8. The summed E-state index contributed by atoms with van der Waals surface area (Å²) in [6, 6.07) is 0.000661. The van der Waals surface area contributed by atoms with E-state index in [9.17, 15) is 19.2 Å². The van der Waals surface area contributed by atoms with Gasteiger partial charge < -0.3 is 9.30 Å². The third-order valence-corrected chi connectivity index (χ3v) is 6.72. The lowest BCUT2D eigenvalue weighted by Gasteiger charge is -2.33. The number of amides is 1. The van der Waals surface area contributed by atoms with Crippen LogP contribution in [0.2, 0.25) is 0 Å². The van der Waals surface area contributed by atoms with Crippen molar-refractivity contribution in [1.29, 1.82) is 0 Å². The molecule has 0 N–H and O–H groups in total. The molecule has 1 aliphatic carbocycles. The Hall–Kier alpha value is -3.28. The number of carbonyl (C=O) groups excluding carboxylic acids is 2. The van der Waals surface area contributed by atoms with Crippen LogP contribution in [0.1, 0.15) is 39.0 Å². The molecule has 33 heavy (non-hydrogen) atoms. The molecule has 0 radical (unpaired) electrons. The van der Waals surface area contributed by atoms with E-state index in [4.69, 9.17) is 4.74 Å². The van der Waals surface area contributed by atoms with Crippen molar-refractivity contribution in [2.45, 2.75) is 57.7 Å². The molecule has 1 aliphatic rings. The van der Waals surface area contributed by atoms with Gasteiger partial charge in [0, 0.05) is 31.7 Å². The Morgan fingerprint density at radius 3 is 2.61 bits per heavy atom. The minimum atomic E-state index is -1.09. The van der Waals surface area contributed by atoms with Gasteiger partial charge >= 0.3 is 11.7 Å². The number of fused-ring (bicyclic) bond motifs is 1. The smallest absolute Gasteiger partial charge is 0.333 e. The summed E-state index contributed by atoms with van der Waals surface area (Å²) >= 11 is 1.36. The summed E-state index contributed by atoms with van der Waals surface area (Å²) in [6.45, 7) is 0.889. The van der Waals surface area contributed by atoms with Gasteiger partial charge in [-0.3, -0.25) is 23.9 Å². The number of nitrogens with zero attached hydrogens (tertiary/aromatic N) is 6. The summed E-state index contributed by atoms with van der Waals surface area (Å²) < 4.78 is 8.86.